The number of nitrogens with zero attached hydrogens (tertiary/aromatic N) is 3. The summed E-state index contributed by atoms with van der Waals surface area (Å²) in [5.41, 5.74) is 3.24. The van der Waals surface area contributed by atoms with Crippen LogP contribution < -0.4 is 9.64 Å². The van der Waals surface area contributed by atoms with Crippen LogP contribution in [0.25, 0.3) is 11.3 Å². The molecule has 3 aromatic rings. The molecule has 1 aliphatic heterocycles. The van der Waals surface area contributed by atoms with Crippen LogP contribution in [-0.4, -0.2) is 34.1 Å². The lowest BCUT2D eigenvalue weighted by atomic mass is 9.75. The van der Waals surface area contributed by atoms with E-state index < -0.39 is 5.97 Å². The fraction of sp³-hybridized carbons (Fsp3) is 0.393. The first-order valence-electron chi connectivity index (χ1n) is 12.0. The highest BCUT2D eigenvalue weighted by molar-refractivity contribution is 6.30. The SMILES string of the molecule is Cc1ccc(-c2nc(N3CCC(C(C)(C)C)CC3)ncc2C(=O)O)c(OCc2cccc(Cl)c2)c1. The highest BCUT2D eigenvalue weighted by atomic mass is 35.5. The lowest BCUT2D eigenvalue weighted by molar-refractivity contribution is 0.0697. The van der Waals surface area contributed by atoms with Gasteiger partial charge in [0.25, 0.3) is 0 Å². The van der Waals surface area contributed by atoms with Crippen LogP contribution in [0.3, 0.4) is 0 Å². The first kappa shape index (κ1) is 25.0. The number of rotatable bonds is 6. The molecular formula is C28H32ClN3O3. The zero-order valence-corrected chi connectivity index (χ0v) is 21.5. The molecule has 1 aliphatic rings. The Labute approximate surface area is 211 Å². The highest BCUT2D eigenvalue weighted by Gasteiger charge is 2.30. The van der Waals surface area contributed by atoms with Crippen LogP contribution >= 0.6 is 11.6 Å². The van der Waals surface area contributed by atoms with Gasteiger partial charge in [-0.2, -0.15) is 0 Å². The van der Waals surface area contributed by atoms with E-state index in [-0.39, 0.29) is 11.0 Å². The van der Waals surface area contributed by atoms with Crippen LogP contribution in [-0.2, 0) is 6.61 Å². The quantitative estimate of drug-likeness (QED) is 0.414. The molecule has 1 fully saturated rings. The van der Waals surface area contributed by atoms with Gasteiger partial charge >= 0.3 is 5.97 Å². The molecule has 0 saturated carbocycles. The van der Waals surface area contributed by atoms with E-state index >= 15 is 0 Å². The number of carbonyl (C=O) groups is 1. The maximum absolute atomic E-state index is 12.1. The Balaban J connectivity index is 1.66. The molecule has 1 aromatic heterocycles. The summed E-state index contributed by atoms with van der Waals surface area (Å²) in [6, 6.07) is 13.2. The van der Waals surface area contributed by atoms with Gasteiger partial charge in [0.1, 0.15) is 17.9 Å². The van der Waals surface area contributed by atoms with Gasteiger partial charge in [0.05, 0.1) is 5.69 Å². The Morgan fingerprint density at radius 1 is 1.17 bits per heavy atom. The number of hydrogen-bond donors (Lipinski definition) is 1. The number of carboxylic acids is 1. The van der Waals surface area contributed by atoms with Crippen molar-refractivity contribution in [3.8, 4) is 17.0 Å². The van der Waals surface area contributed by atoms with Crippen LogP contribution in [0.1, 0.15) is 55.1 Å². The van der Waals surface area contributed by atoms with Gasteiger partial charge in [0, 0.05) is 29.9 Å². The van der Waals surface area contributed by atoms with Crippen molar-refractivity contribution in [2.45, 2.75) is 47.1 Å². The van der Waals surface area contributed by atoms with E-state index in [1.54, 1.807) is 0 Å². The molecule has 0 radical (unpaired) electrons. The van der Waals surface area contributed by atoms with Crippen LogP contribution in [0.15, 0.2) is 48.7 Å². The maximum atomic E-state index is 12.1. The molecule has 0 bridgehead atoms. The summed E-state index contributed by atoms with van der Waals surface area (Å²) in [7, 11) is 0. The van der Waals surface area contributed by atoms with E-state index in [1.165, 1.54) is 6.20 Å². The van der Waals surface area contributed by atoms with Crippen molar-refractivity contribution in [1.29, 1.82) is 0 Å². The van der Waals surface area contributed by atoms with Crippen molar-refractivity contribution in [1.82, 2.24) is 9.97 Å². The first-order chi connectivity index (χ1) is 16.6. The predicted molar refractivity (Wildman–Crippen MR) is 139 cm³/mol. The number of piperidine rings is 1. The molecule has 2 aromatic carbocycles. The van der Waals surface area contributed by atoms with E-state index in [0.717, 1.165) is 37.1 Å². The van der Waals surface area contributed by atoms with Gasteiger partial charge in [0.15, 0.2) is 0 Å². The molecular weight excluding hydrogens is 462 g/mol. The molecule has 0 unspecified atom stereocenters. The Morgan fingerprint density at radius 3 is 2.57 bits per heavy atom. The Bertz CT molecular complexity index is 1210. The van der Waals surface area contributed by atoms with Crippen molar-refractivity contribution >= 4 is 23.5 Å². The van der Waals surface area contributed by atoms with Crippen molar-refractivity contribution in [2.24, 2.45) is 11.3 Å². The zero-order chi connectivity index (χ0) is 25.2. The fourth-order valence-electron chi connectivity index (χ4n) is 4.56. The second kappa shape index (κ2) is 10.2. The second-order valence-corrected chi connectivity index (χ2v) is 10.7. The van der Waals surface area contributed by atoms with Crippen molar-refractivity contribution < 1.29 is 14.6 Å². The number of hydrogen-bond acceptors (Lipinski definition) is 5. The third-order valence-corrected chi connectivity index (χ3v) is 6.92. The predicted octanol–water partition coefficient (Wildman–Crippen LogP) is 6.65. The minimum atomic E-state index is -1.07. The minimum absolute atomic E-state index is 0.0507. The van der Waals surface area contributed by atoms with Crippen LogP contribution in [0, 0.1) is 18.3 Å². The minimum Gasteiger partial charge on any atom is -0.488 e. The molecule has 1 N–H and O–H groups in total. The molecule has 2 heterocycles. The average molecular weight is 494 g/mol. The number of ether oxygens (including phenoxy) is 1. The third-order valence-electron chi connectivity index (χ3n) is 6.68. The molecule has 184 valence electrons. The van der Waals surface area contributed by atoms with Gasteiger partial charge in [0.2, 0.25) is 5.95 Å². The van der Waals surface area contributed by atoms with E-state index in [4.69, 9.17) is 21.3 Å². The Kier molecular flexibility index (Phi) is 7.31. The van der Waals surface area contributed by atoms with Crippen molar-refractivity contribution in [3.05, 3.63) is 70.4 Å². The summed E-state index contributed by atoms with van der Waals surface area (Å²) in [5, 5.41) is 10.5. The molecule has 1 saturated heterocycles. The first-order valence-corrected chi connectivity index (χ1v) is 12.3. The molecule has 6 nitrogen and oxygen atoms in total. The number of carboxylic acid groups (broad SMARTS) is 1. The summed E-state index contributed by atoms with van der Waals surface area (Å²) in [6.07, 6.45) is 3.53. The summed E-state index contributed by atoms with van der Waals surface area (Å²) >= 11 is 6.12. The zero-order valence-electron chi connectivity index (χ0n) is 20.7. The number of aryl methyl sites for hydroxylation is 1. The van der Waals surface area contributed by atoms with E-state index in [2.05, 4.69) is 30.7 Å². The van der Waals surface area contributed by atoms with E-state index in [0.29, 0.717) is 40.5 Å². The molecule has 0 spiro atoms. The second-order valence-electron chi connectivity index (χ2n) is 10.3. The van der Waals surface area contributed by atoms with E-state index in [1.807, 2.05) is 49.4 Å². The Morgan fingerprint density at radius 2 is 1.91 bits per heavy atom. The lowest BCUT2D eigenvalue weighted by Crippen LogP contribution is -2.39. The fourth-order valence-corrected chi connectivity index (χ4v) is 4.78. The molecule has 7 heteroatoms. The topological polar surface area (TPSA) is 75.6 Å². The van der Waals surface area contributed by atoms with Crippen molar-refractivity contribution in [3.63, 3.8) is 0 Å². The van der Waals surface area contributed by atoms with Crippen LogP contribution in [0.2, 0.25) is 5.02 Å². The number of aromatic carboxylic acids is 1. The Hall–Kier alpha value is -3.12. The van der Waals surface area contributed by atoms with Gasteiger partial charge in [-0.1, -0.05) is 50.6 Å². The number of benzene rings is 2. The molecule has 0 amide bonds. The number of anilines is 1. The molecule has 35 heavy (non-hydrogen) atoms. The molecule has 0 aliphatic carbocycles. The van der Waals surface area contributed by atoms with Gasteiger partial charge in [-0.05, 0) is 66.5 Å². The summed E-state index contributed by atoms with van der Waals surface area (Å²) in [4.78, 5) is 23.4. The monoisotopic (exact) mass is 493 g/mol. The van der Waals surface area contributed by atoms with Crippen LogP contribution in [0.5, 0.6) is 5.75 Å². The molecule has 0 atom stereocenters. The van der Waals surface area contributed by atoms with Crippen molar-refractivity contribution in [2.75, 3.05) is 18.0 Å². The molecule has 4 rings (SSSR count). The van der Waals surface area contributed by atoms with E-state index in [9.17, 15) is 9.90 Å². The smallest absolute Gasteiger partial charge is 0.339 e. The summed E-state index contributed by atoms with van der Waals surface area (Å²) in [6.45, 7) is 10.8. The van der Waals surface area contributed by atoms with Gasteiger partial charge in [-0.3, -0.25) is 0 Å². The van der Waals surface area contributed by atoms with Gasteiger partial charge in [-0.25, -0.2) is 14.8 Å². The van der Waals surface area contributed by atoms with Gasteiger partial charge < -0.3 is 14.7 Å². The maximum Gasteiger partial charge on any atom is 0.339 e. The highest BCUT2D eigenvalue weighted by Crippen LogP contribution is 2.37. The number of halogens is 1. The lowest BCUT2D eigenvalue weighted by Gasteiger charge is -2.38. The standard InChI is InChI=1S/C28H32ClN3O3/c1-18-8-9-22(24(14-18)35-17-19-6-5-7-21(29)15-19)25-23(26(33)34)16-30-27(31-25)32-12-10-20(11-13-32)28(2,3)4/h5-9,14-16,20H,10-13,17H2,1-4H3,(H,33,34). The third kappa shape index (κ3) is 5.93. The summed E-state index contributed by atoms with van der Waals surface area (Å²) < 4.78 is 6.16. The number of aromatic nitrogens is 2. The summed E-state index contributed by atoms with van der Waals surface area (Å²) in [5.74, 6) is 0.696. The largest absolute Gasteiger partial charge is 0.488 e. The average Bonchev–Trinajstić information content (AvgIpc) is 2.82. The normalized spacial score (nSPS) is 14.7. The van der Waals surface area contributed by atoms with Gasteiger partial charge in [-0.15, -0.1) is 0 Å². The van der Waals surface area contributed by atoms with Crippen LogP contribution in [0.4, 0.5) is 5.95 Å².